The number of aryl methyl sites for hydroxylation is 1. The highest BCUT2D eigenvalue weighted by Crippen LogP contribution is 2.19. The topological polar surface area (TPSA) is 50.5 Å². The van der Waals surface area contributed by atoms with Crippen molar-refractivity contribution in [3.8, 4) is 0 Å². The molecular formula is C15H12BrFN4O. The van der Waals surface area contributed by atoms with Crippen molar-refractivity contribution in [1.82, 2.24) is 14.6 Å². The molecule has 0 spiro atoms. The molecule has 0 fully saturated rings. The first-order chi connectivity index (χ1) is 10.5. The predicted octanol–water partition coefficient (Wildman–Crippen LogP) is 3.22. The van der Waals surface area contributed by atoms with E-state index in [2.05, 4.69) is 26.0 Å². The fourth-order valence-electron chi connectivity index (χ4n) is 2.09. The molecule has 3 aromatic rings. The summed E-state index contributed by atoms with van der Waals surface area (Å²) in [5.74, 6) is -0.583. The molecule has 5 nitrogen and oxygen atoms in total. The zero-order chi connectivity index (χ0) is 15.9. The van der Waals surface area contributed by atoms with Crippen LogP contribution in [0, 0.1) is 12.7 Å². The second-order valence-corrected chi connectivity index (χ2v) is 5.68. The zero-order valence-electron chi connectivity index (χ0n) is 11.9. The highest BCUT2D eigenvalue weighted by Gasteiger charge is 2.17. The molecule has 0 N–H and O–H groups in total. The number of carbonyl (C=O) groups excluding carboxylic acids is 1. The largest absolute Gasteiger partial charge is 0.310 e. The van der Waals surface area contributed by atoms with Gasteiger partial charge in [-0.25, -0.2) is 13.9 Å². The highest BCUT2D eigenvalue weighted by molar-refractivity contribution is 9.10. The van der Waals surface area contributed by atoms with Crippen LogP contribution in [-0.2, 0) is 0 Å². The van der Waals surface area contributed by atoms with Crippen LogP contribution in [0.5, 0.6) is 0 Å². The number of rotatable bonds is 2. The summed E-state index contributed by atoms with van der Waals surface area (Å²) in [4.78, 5) is 18.1. The highest BCUT2D eigenvalue weighted by atomic mass is 79.9. The normalized spacial score (nSPS) is 10.9. The molecule has 0 unspecified atom stereocenters. The van der Waals surface area contributed by atoms with Gasteiger partial charge in [0.2, 0.25) is 0 Å². The molecule has 0 atom stereocenters. The quantitative estimate of drug-likeness (QED) is 0.703. The van der Waals surface area contributed by atoms with Crippen molar-refractivity contribution in [3.05, 3.63) is 58.2 Å². The summed E-state index contributed by atoms with van der Waals surface area (Å²) < 4.78 is 15.5. The third-order valence-electron chi connectivity index (χ3n) is 3.37. The molecule has 22 heavy (non-hydrogen) atoms. The van der Waals surface area contributed by atoms with Crippen LogP contribution in [0.15, 0.2) is 41.1 Å². The monoisotopic (exact) mass is 362 g/mol. The Morgan fingerprint density at radius 2 is 2.09 bits per heavy atom. The molecule has 0 aliphatic heterocycles. The molecule has 0 aliphatic rings. The van der Waals surface area contributed by atoms with Crippen molar-refractivity contribution in [2.75, 3.05) is 11.9 Å². The number of hydrogen-bond donors (Lipinski definition) is 0. The van der Waals surface area contributed by atoms with Crippen molar-refractivity contribution in [3.63, 3.8) is 0 Å². The first kappa shape index (κ1) is 14.6. The summed E-state index contributed by atoms with van der Waals surface area (Å²) in [6.07, 6.45) is 1.61. The SMILES string of the molecule is Cc1cc(N(C)C(=O)c2ccc3ncc(Br)n3n2)ccc1F. The molecule has 0 bridgehead atoms. The Hall–Kier alpha value is -2.28. The summed E-state index contributed by atoms with van der Waals surface area (Å²) in [6.45, 7) is 1.66. The van der Waals surface area contributed by atoms with Crippen molar-refractivity contribution in [2.45, 2.75) is 6.92 Å². The number of carbonyl (C=O) groups is 1. The first-order valence-corrected chi connectivity index (χ1v) is 7.31. The minimum absolute atomic E-state index is 0.274. The van der Waals surface area contributed by atoms with Crippen molar-refractivity contribution in [2.24, 2.45) is 0 Å². The number of benzene rings is 1. The van der Waals surface area contributed by atoms with Gasteiger partial charge in [-0.3, -0.25) is 4.79 Å². The number of anilines is 1. The zero-order valence-corrected chi connectivity index (χ0v) is 13.5. The Labute approximate surface area is 134 Å². The van der Waals surface area contributed by atoms with Gasteiger partial charge >= 0.3 is 0 Å². The van der Waals surface area contributed by atoms with E-state index >= 15 is 0 Å². The molecule has 2 aromatic heterocycles. The second kappa shape index (κ2) is 5.49. The number of amides is 1. The number of fused-ring (bicyclic) bond motifs is 1. The van der Waals surface area contributed by atoms with Crippen molar-refractivity contribution >= 4 is 33.2 Å². The van der Waals surface area contributed by atoms with E-state index in [4.69, 9.17) is 0 Å². The fourth-order valence-corrected chi connectivity index (χ4v) is 2.45. The van der Waals surface area contributed by atoms with Crippen LogP contribution < -0.4 is 4.90 Å². The smallest absolute Gasteiger partial charge is 0.278 e. The van der Waals surface area contributed by atoms with Crippen LogP contribution in [-0.4, -0.2) is 27.6 Å². The lowest BCUT2D eigenvalue weighted by atomic mass is 10.2. The molecule has 0 saturated heterocycles. The van der Waals surface area contributed by atoms with E-state index in [0.29, 0.717) is 21.5 Å². The Morgan fingerprint density at radius 1 is 1.32 bits per heavy atom. The number of halogens is 2. The number of aromatic nitrogens is 3. The summed E-state index contributed by atoms with van der Waals surface area (Å²) in [5.41, 5.74) is 2.01. The van der Waals surface area contributed by atoms with Gasteiger partial charge < -0.3 is 4.90 Å². The van der Waals surface area contributed by atoms with Gasteiger partial charge in [0.25, 0.3) is 5.91 Å². The average molecular weight is 363 g/mol. The molecule has 3 rings (SSSR count). The molecule has 1 amide bonds. The Kier molecular flexibility index (Phi) is 3.66. The molecular weight excluding hydrogens is 351 g/mol. The Morgan fingerprint density at radius 3 is 2.82 bits per heavy atom. The Balaban J connectivity index is 1.96. The van der Waals surface area contributed by atoms with Gasteiger partial charge in [0.05, 0.1) is 6.20 Å². The molecule has 0 saturated carbocycles. The van der Waals surface area contributed by atoms with Gasteiger partial charge in [-0.15, -0.1) is 0 Å². The first-order valence-electron chi connectivity index (χ1n) is 6.52. The van der Waals surface area contributed by atoms with Crippen LogP contribution in [0.2, 0.25) is 0 Å². The molecule has 7 heteroatoms. The molecule has 2 heterocycles. The number of hydrogen-bond acceptors (Lipinski definition) is 3. The van der Waals surface area contributed by atoms with E-state index in [-0.39, 0.29) is 17.4 Å². The average Bonchev–Trinajstić information content (AvgIpc) is 2.89. The van der Waals surface area contributed by atoms with Crippen LogP contribution in [0.1, 0.15) is 16.1 Å². The van der Waals surface area contributed by atoms with Crippen LogP contribution in [0.25, 0.3) is 5.65 Å². The summed E-state index contributed by atoms with van der Waals surface area (Å²) in [6, 6.07) is 7.86. The van der Waals surface area contributed by atoms with Crippen molar-refractivity contribution in [1.29, 1.82) is 0 Å². The third kappa shape index (κ3) is 2.48. The minimum Gasteiger partial charge on any atom is -0.310 e. The van der Waals surface area contributed by atoms with Crippen molar-refractivity contribution < 1.29 is 9.18 Å². The van der Waals surface area contributed by atoms with E-state index in [1.54, 1.807) is 44.4 Å². The van der Waals surface area contributed by atoms with Gasteiger partial charge in [0.1, 0.15) is 16.1 Å². The maximum Gasteiger partial charge on any atom is 0.278 e. The van der Waals surface area contributed by atoms with Gasteiger partial charge in [-0.1, -0.05) is 0 Å². The molecule has 0 radical (unpaired) electrons. The lowest BCUT2D eigenvalue weighted by molar-refractivity contribution is 0.0987. The summed E-state index contributed by atoms with van der Waals surface area (Å²) in [5, 5.41) is 4.26. The van der Waals surface area contributed by atoms with Crippen LogP contribution in [0.3, 0.4) is 0 Å². The lowest BCUT2D eigenvalue weighted by Crippen LogP contribution is -2.27. The minimum atomic E-state index is -0.300. The van der Waals surface area contributed by atoms with Gasteiger partial charge in [0.15, 0.2) is 5.65 Å². The fraction of sp³-hybridized carbons (Fsp3) is 0.133. The van der Waals surface area contributed by atoms with Crippen LogP contribution >= 0.6 is 15.9 Å². The predicted molar refractivity (Wildman–Crippen MR) is 84.6 cm³/mol. The standard InChI is InChI=1S/C15H12BrFN4O/c1-9-7-10(3-4-11(9)17)20(2)15(22)12-5-6-14-18-8-13(16)21(14)19-12/h3-8H,1-2H3. The Bertz CT molecular complexity index is 877. The van der Waals surface area contributed by atoms with Gasteiger partial charge in [0, 0.05) is 12.7 Å². The summed E-state index contributed by atoms with van der Waals surface area (Å²) >= 11 is 3.32. The maximum atomic E-state index is 13.3. The molecule has 0 aliphatic carbocycles. The molecule has 1 aromatic carbocycles. The van der Waals surface area contributed by atoms with Gasteiger partial charge in [-0.2, -0.15) is 5.10 Å². The molecule has 112 valence electrons. The van der Waals surface area contributed by atoms with E-state index in [1.807, 2.05) is 0 Å². The second-order valence-electron chi connectivity index (χ2n) is 4.87. The third-order valence-corrected chi connectivity index (χ3v) is 3.91. The van der Waals surface area contributed by atoms with E-state index in [0.717, 1.165) is 0 Å². The lowest BCUT2D eigenvalue weighted by Gasteiger charge is -2.17. The van der Waals surface area contributed by atoms with E-state index in [1.165, 1.54) is 15.5 Å². The maximum absolute atomic E-state index is 13.3. The van der Waals surface area contributed by atoms with E-state index in [9.17, 15) is 9.18 Å². The number of imidazole rings is 1. The summed E-state index contributed by atoms with van der Waals surface area (Å²) in [7, 11) is 1.63. The van der Waals surface area contributed by atoms with E-state index < -0.39 is 0 Å². The van der Waals surface area contributed by atoms with Gasteiger partial charge in [-0.05, 0) is 58.7 Å². The number of nitrogens with zero attached hydrogens (tertiary/aromatic N) is 4. The van der Waals surface area contributed by atoms with Crippen LogP contribution in [0.4, 0.5) is 10.1 Å².